The molecule has 1 rings (SSSR count). The molecule has 1 aromatic carbocycles. The van der Waals surface area contributed by atoms with Gasteiger partial charge in [-0.3, -0.25) is 4.79 Å². The Morgan fingerprint density at radius 2 is 2.10 bits per heavy atom. The molecule has 20 heavy (non-hydrogen) atoms. The Kier molecular flexibility index (Phi) is 6.12. The van der Waals surface area contributed by atoms with Gasteiger partial charge in [0.15, 0.2) is 0 Å². The van der Waals surface area contributed by atoms with Gasteiger partial charge >= 0.3 is 0 Å². The number of carbonyl (C=O) groups excluding carboxylic acids is 1. The predicted octanol–water partition coefficient (Wildman–Crippen LogP) is 2.81. The molecule has 0 unspecified atom stereocenters. The van der Waals surface area contributed by atoms with Gasteiger partial charge < -0.3 is 10.4 Å². The molecule has 0 aliphatic heterocycles. The van der Waals surface area contributed by atoms with Crippen LogP contribution in [0.2, 0.25) is 0 Å². The van der Waals surface area contributed by atoms with Crippen molar-refractivity contribution in [1.29, 1.82) is 0 Å². The molecule has 0 spiro atoms. The Morgan fingerprint density at radius 1 is 1.40 bits per heavy atom. The maximum Gasteiger partial charge on any atom is 0.234 e. The molecule has 0 aliphatic carbocycles. The number of benzene rings is 1. The second-order valence-corrected chi connectivity index (χ2v) is 7.24. The van der Waals surface area contributed by atoms with Gasteiger partial charge in [0.1, 0.15) is 6.61 Å². The molecule has 0 radical (unpaired) electrons. The largest absolute Gasteiger partial charge is 0.384 e. The third kappa shape index (κ3) is 6.14. The zero-order chi connectivity index (χ0) is 15.2. The number of carbonyl (C=O) groups is 1. The fraction of sp³-hybridized carbons (Fsp3) is 0.438. The number of aliphatic hydroxyl groups is 1. The number of anilines is 1. The van der Waals surface area contributed by atoms with Crippen LogP contribution in [0.15, 0.2) is 18.2 Å². The Morgan fingerprint density at radius 3 is 2.65 bits per heavy atom. The summed E-state index contributed by atoms with van der Waals surface area (Å²) in [7, 11) is 0. The number of aliphatic hydroxyl groups excluding tert-OH is 1. The summed E-state index contributed by atoms with van der Waals surface area (Å²) < 4.78 is 0.0795. The summed E-state index contributed by atoms with van der Waals surface area (Å²) in [6.07, 6.45) is 0. The zero-order valence-electron chi connectivity index (χ0n) is 12.4. The molecule has 0 atom stereocenters. The summed E-state index contributed by atoms with van der Waals surface area (Å²) in [6, 6.07) is 5.58. The van der Waals surface area contributed by atoms with E-state index in [2.05, 4.69) is 37.9 Å². The van der Waals surface area contributed by atoms with E-state index in [0.29, 0.717) is 5.75 Å². The number of amides is 1. The van der Waals surface area contributed by atoms with Gasteiger partial charge in [0.2, 0.25) is 5.91 Å². The lowest BCUT2D eigenvalue weighted by Crippen LogP contribution is -2.19. The highest BCUT2D eigenvalue weighted by molar-refractivity contribution is 8.01. The summed E-state index contributed by atoms with van der Waals surface area (Å²) in [6.45, 7) is 8.04. The molecule has 0 bridgehead atoms. The van der Waals surface area contributed by atoms with Gasteiger partial charge in [-0.1, -0.05) is 32.6 Å². The topological polar surface area (TPSA) is 49.3 Å². The Bertz CT molecular complexity index is 536. The highest BCUT2D eigenvalue weighted by Crippen LogP contribution is 2.23. The van der Waals surface area contributed by atoms with Crippen LogP contribution < -0.4 is 5.32 Å². The molecule has 0 aromatic heterocycles. The van der Waals surface area contributed by atoms with Crippen molar-refractivity contribution in [3.63, 3.8) is 0 Å². The first-order chi connectivity index (χ1) is 9.31. The Hall–Kier alpha value is -1.44. The van der Waals surface area contributed by atoms with Crippen molar-refractivity contribution in [1.82, 2.24) is 0 Å². The smallest absolute Gasteiger partial charge is 0.234 e. The van der Waals surface area contributed by atoms with E-state index in [1.54, 1.807) is 11.8 Å². The molecular formula is C16H21NO2S. The van der Waals surface area contributed by atoms with Crippen molar-refractivity contribution in [2.45, 2.75) is 32.4 Å². The Balaban J connectivity index is 2.67. The van der Waals surface area contributed by atoms with Crippen molar-refractivity contribution in [3.8, 4) is 11.8 Å². The van der Waals surface area contributed by atoms with Crippen LogP contribution in [0.5, 0.6) is 0 Å². The van der Waals surface area contributed by atoms with Crippen LogP contribution in [0.1, 0.15) is 31.9 Å². The molecule has 0 aliphatic rings. The van der Waals surface area contributed by atoms with E-state index in [1.165, 1.54) is 0 Å². The van der Waals surface area contributed by atoms with E-state index in [1.807, 2.05) is 25.1 Å². The number of aryl methyl sites for hydroxylation is 1. The standard InChI is InChI=1S/C16H21NO2S/c1-12-10-13(6-5-9-18)7-8-14(12)17-15(19)11-20-16(2,3)4/h7-8,10,18H,9,11H2,1-4H3,(H,17,19). The minimum Gasteiger partial charge on any atom is -0.384 e. The van der Waals surface area contributed by atoms with Crippen LogP contribution >= 0.6 is 11.8 Å². The number of rotatable bonds is 3. The van der Waals surface area contributed by atoms with Crippen molar-refractivity contribution in [2.24, 2.45) is 0 Å². The van der Waals surface area contributed by atoms with Crippen LogP contribution in [0.4, 0.5) is 5.69 Å². The lowest BCUT2D eigenvalue weighted by Gasteiger charge is -2.17. The second-order valence-electron chi connectivity index (χ2n) is 5.44. The maximum atomic E-state index is 11.9. The third-order valence-corrected chi connectivity index (χ3v) is 3.72. The first-order valence-corrected chi connectivity index (χ1v) is 7.44. The van der Waals surface area contributed by atoms with Crippen LogP contribution in [0.3, 0.4) is 0 Å². The van der Waals surface area contributed by atoms with E-state index >= 15 is 0 Å². The van der Waals surface area contributed by atoms with Crippen LogP contribution in [-0.2, 0) is 4.79 Å². The molecule has 0 heterocycles. The molecule has 0 saturated heterocycles. The second kappa shape index (κ2) is 7.37. The van der Waals surface area contributed by atoms with Crippen molar-refractivity contribution in [3.05, 3.63) is 29.3 Å². The molecule has 1 amide bonds. The maximum absolute atomic E-state index is 11.9. The van der Waals surface area contributed by atoms with Gasteiger partial charge in [0.25, 0.3) is 0 Å². The van der Waals surface area contributed by atoms with Crippen molar-refractivity contribution in [2.75, 3.05) is 17.7 Å². The van der Waals surface area contributed by atoms with Gasteiger partial charge in [-0.15, -0.1) is 11.8 Å². The van der Waals surface area contributed by atoms with E-state index in [-0.39, 0.29) is 17.3 Å². The van der Waals surface area contributed by atoms with E-state index in [4.69, 9.17) is 5.11 Å². The molecule has 3 nitrogen and oxygen atoms in total. The molecule has 2 N–H and O–H groups in total. The molecule has 0 fully saturated rings. The van der Waals surface area contributed by atoms with Crippen LogP contribution in [-0.4, -0.2) is 28.1 Å². The number of hydrogen-bond acceptors (Lipinski definition) is 3. The monoisotopic (exact) mass is 291 g/mol. The van der Waals surface area contributed by atoms with Crippen LogP contribution in [0, 0.1) is 18.8 Å². The highest BCUT2D eigenvalue weighted by Gasteiger charge is 2.13. The van der Waals surface area contributed by atoms with Crippen LogP contribution in [0.25, 0.3) is 0 Å². The third-order valence-electron chi connectivity index (χ3n) is 2.45. The molecule has 1 aromatic rings. The van der Waals surface area contributed by atoms with Gasteiger partial charge in [-0.25, -0.2) is 0 Å². The fourth-order valence-electron chi connectivity index (χ4n) is 1.49. The average Bonchev–Trinajstić information content (AvgIpc) is 2.36. The fourth-order valence-corrected chi connectivity index (χ4v) is 2.13. The van der Waals surface area contributed by atoms with Gasteiger partial charge in [0, 0.05) is 16.0 Å². The lowest BCUT2D eigenvalue weighted by molar-refractivity contribution is -0.113. The summed E-state index contributed by atoms with van der Waals surface area (Å²) in [5.74, 6) is 5.89. The quantitative estimate of drug-likeness (QED) is 0.842. The summed E-state index contributed by atoms with van der Waals surface area (Å²) in [4.78, 5) is 11.9. The van der Waals surface area contributed by atoms with Gasteiger partial charge in [0.05, 0.1) is 5.75 Å². The number of hydrogen-bond donors (Lipinski definition) is 2. The highest BCUT2D eigenvalue weighted by atomic mass is 32.2. The summed E-state index contributed by atoms with van der Waals surface area (Å²) in [5, 5.41) is 11.6. The first-order valence-electron chi connectivity index (χ1n) is 6.46. The minimum atomic E-state index is -0.151. The Labute approximate surface area is 125 Å². The normalized spacial score (nSPS) is 10.7. The summed E-state index contributed by atoms with van der Waals surface area (Å²) >= 11 is 1.62. The molecule has 108 valence electrons. The molecular weight excluding hydrogens is 270 g/mol. The lowest BCUT2D eigenvalue weighted by atomic mass is 10.1. The molecule has 0 saturated carbocycles. The predicted molar refractivity (Wildman–Crippen MR) is 86.0 cm³/mol. The van der Waals surface area contributed by atoms with E-state index in [0.717, 1.165) is 16.8 Å². The van der Waals surface area contributed by atoms with Gasteiger partial charge in [-0.2, -0.15) is 0 Å². The number of nitrogens with one attached hydrogen (secondary N) is 1. The summed E-state index contributed by atoms with van der Waals surface area (Å²) in [5.41, 5.74) is 2.60. The SMILES string of the molecule is Cc1cc(C#CCO)ccc1NC(=O)CSC(C)(C)C. The van der Waals surface area contributed by atoms with Gasteiger partial charge in [-0.05, 0) is 30.7 Å². The first kappa shape index (κ1) is 16.6. The average molecular weight is 291 g/mol. The molecule has 4 heteroatoms. The van der Waals surface area contributed by atoms with E-state index < -0.39 is 0 Å². The van der Waals surface area contributed by atoms with Crippen molar-refractivity contribution >= 4 is 23.4 Å². The van der Waals surface area contributed by atoms with Crippen molar-refractivity contribution < 1.29 is 9.90 Å². The van der Waals surface area contributed by atoms with E-state index in [9.17, 15) is 4.79 Å². The number of thioether (sulfide) groups is 1. The minimum absolute atomic E-state index is 0.00205. The zero-order valence-corrected chi connectivity index (χ0v) is 13.2.